The van der Waals surface area contributed by atoms with Crippen LogP contribution < -0.4 is 5.32 Å². The lowest BCUT2D eigenvalue weighted by Crippen LogP contribution is -2.32. The molecule has 0 aliphatic heterocycles. The van der Waals surface area contributed by atoms with Gasteiger partial charge in [0.15, 0.2) is 0 Å². The average Bonchev–Trinajstić information content (AvgIpc) is 3.37. The van der Waals surface area contributed by atoms with Gasteiger partial charge in [0, 0.05) is 24.2 Å². The van der Waals surface area contributed by atoms with Crippen molar-refractivity contribution in [1.82, 2.24) is 14.7 Å². The first-order valence-corrected chi connectivity index (χ1v) is 9.04. The van der Waals surface area contributed by atoms with Gasteiger partial charge in [0.25, 0.3) is 0 Å². The standard InChI is InChI=1S/C20H20ClN3O/c21-16-8-6-15(7-9-16)19(14-4-5-14)20(25)22-11-10-18-23-13-17-3-1-2-12-24(17)18/h1-3,6-9,12-14,19H,4-5,10-11H2,(H,22,25). The van der Waals surface area contributed by atoms with Crippen LogP contribution in [-0.4, -0.2) is 21.8 Å². The highest BCUT2D eigenvalue weighted by atomic mass is 35.5. The molecule has 4 rings (SSSR count). The number of rotatable bonds is 6. The number of carbonyl (C=O) groups excluding carboxylic acids is 1. The van der Waals surface area contributed by atoms with Gasteiger partial charge < -0.3 is 9.72 Å². The van der Waals surface area contributed by atoms with E-state index in [0.29, 0.717) is 23.9 Å². The summed E-state index contributed by atoms with van der Waals surface area (Å²) in [6, 6.07) is 13.7. The summed E-state index contributed by atoms with van der Waals surface area (Å²) in [5.41, 5.74) is 2.12. The Morgan fingerprint density at radius 2 is 2.04 bits per heavy atom. The average molecular weight is 354 g/mol. The van der Waals surface area contributed by atoms with Crippen LogP contribution in [0.1, 0.15) is 30.1 Å². The minimum absolute atomic E-state index is 0.0747. The molecule has 1 saturated carbocycles. The maximum absolute atomic E-state index is 12.7. The molecule has 0 radical (unpaired) electrons. The highest BCUT2D eigenvalue weighted by Crippen LogP contribution is 2.42. The fourth-order valence-electron chi connectivity index (χ4n) is 3.33. The first-order chi connectivity index (χ1) is 12.2. The minimum Gasteiger partial charge on any atom is -0.355 e. The summed E-state index contributed by atoms with van der Waals surface area (Å²) >= 11 is 5.97. The maximum atomic E-state index is 12.7. The fourth-order valence-corrected chi connectivity index (χ4v) is 3.46. The molecular formula is C20H20ClN3O. The molecule has 5 heteroatoms. The van der Waals surface area contributed by atoms with Crippen molar-refractivity contribution in [3.05, 3.63) is 71.3 Å². The van der Waals surface area contributed by atoms with E-state index in [1.807, 2.05) is 54.9 Å². The molecule has 0 saturated heterocycles. The summed E-state index contributed by atoms with van der Waals surface area (Å²) in [5.74, 6) is 1.44. The summed E-state index contributed by atoms with van der Waals surface area (Å²) in [6.45, 7) is 0.587. The Labute approximate surface area is 151 Å². The van der Waals surface area contributed by atoms with Crippen LogP contribution in [0, 0.1) is 5.92 Å². The zero-order valence-corrected chi connectivity index (χ0v) is 14.6. The van der Waals surface area contributed by atoms with E-state index in [4.69, 9.17) is 11.6 Å². The van der Waals surface area contributed by atoms with Gasteiger partial charge in [0.1, 0.15) is 5.82 Å². The lowest BCUT2D eigenvalue weighted by Gasteiger charge is -2.16. The van der Waals surface area contributed by atoms with Gasteiger partial charge in [-0.05, 0) is 48.6 Å². The Balaban J connectivity index is 1.41. The van der Waals surface area contributed by atoms with Crippen molar-refractivity contribution in [2.24, 2.45) is 5.92 Å². The zero-order valence-electron chi connectivity index (χ0n) is 13.9. The number of halogens is 1. The Morgan fingerprint density at radius 1 is 1.24 bits per heavy atom. The monoisotopic (exact) mass is 353 g/mol. The highest BCUT2D eigenvalue weighted by molar-refractivity contribution is 6.30. The Bertz CT molecular complexity index is 883. The smallest absolute Gasteiger partial charge is 0.227 e. The highest BCUT2D eigenvalue weighted by Gasteiger charge is 2.37. The molecule has 1 N–H and O–H groups in total. The lowest BCUT2D eigenvalue weighted by atomic mass is 9.93. The van der Waals surface area contributed by atoms with Gasteiger partial charge in [-0.1, -0.05) is 29.8 Å². The van der Waals surface area contributed by atoms with Crippen LogP contribution >= 0.6 is 11.6 Å². The molecule has 1 aliphatic carbocycles. The van der Waals surface area contributed by atoms with Crippen molar-refractivity contribution in [3.63, 3.8) is 0 Å². The Morgan fingerprint density at radius 3 is 2.80 bits per heavy atom. The van der Waals surface area contributed by atoms with Gasteiger partial charge in [0.05, 0.1) is 17.6 Å². The van der Waals surface area contributed by atoms with E-state index in [-0.39, 0.29) is 11.8 Å². The summed E-state index contributed by atoms with van der Waals surface area (Å²) in [7, 11) is 0. The molecule has 25 heavy (non-hydrogen) atoms. The van der Waals surface area contributed by atoms with E-state index in [2.05, 4.69) is 14.7 Å². The summed E-state index contributed by atoms with van der Waals surface area (Å²) in [5, 5.41) is 3.79. The molecule has 1 atom stereocenters. The van der Waals surface area contributed by atoms with Gasteiger partial charge in [-0.15, -0.1) is 0 Å². The number of nitrogens with zero attached hydrogens (tertiary/aromatic N) is 2. The number of hydrogen-bond donors (Lipinski definition) is 1. The summed E-state index contributed by atoms with van der Waals surface area (Å²) in [6.07, 6.45) is 6.80. The number of pyridine rings is 1. The molecule has 2 aromatic heterocycles. The largest absolute Gasteiger partial charge is 0.355 e. The predicted molar refractivity (Wildman–Crippen MR) is 98.8 cm³/mol. The van der Waals surface area contributed by atoms with Crippen molar-refractivity contribution in [3.8, 4) is 0 Å². The number of benzene rings is 1. The van der Waals surface area contributed by atoms with Gasteiger partial charge >= 0.3 is 0 Å². The van der Waals surface area contributed by atoms with Gasteiger partial charge in [-0.25, -0.2) is 4.98 Å². The molecule has 1 fully saturated rings. The molecule has 0 spiro atoms. The van der Waals surface area contributed by atoms with Crippen molar-refractivity contribution in [2.45, 2.75) is 25.2 Å². The van der Waals surface area contributed by atoms with Crippen LogP contribution in [0.25, 0.3) is 5.52 Å². The first-order valence-electron chi connectivity index (χ1n) is 8.66. The second kappa shape index (κ2) is 6.89. The quantitative estimate of drug-likeness (QED) is 0.731. The SMILES string of the molecule is O=C(NCCc1ncc2ccccn12)C(c1ccc(Cl)cc1)C1CC1. The van der Waals surface area contributed by atoms with E-state index >= 15 is 0 Å². The van der Waals surface area contributed by atoms with E-state index in [9.17, 15) is 4.79 Å². The van der Waals surface area contributed by atoms with Crippen LogP contribution in [0.3, 0.4) is 0 Å². The molecule has 1 amide bonds. The molecule has 4 nitrogen and oxygen atoms in total. The second-order valence-electron chi connectivity index (χ2n) is 6.58. The van der Waals surface area contributed by atoms with E-state index < -0.39 is 0 Å². The minimum atomic E-state index is -0.0747. The number of nitrogens with one attached hydrogen (secondary N) is 1. The van der Waals surface area contributed by atoms with E-state index in [1.165, 1.54) is 0 Å². The summed E-state index contributed by atoms with van der Waals surface area (Å²) in [4.78, 5) is 17.2. The summed E-state index contributed by atoms with van der Waals surface area (Å²) < 4.78 is 2.06. The van der Waals surface area contributed by atoms with Crippen LogP contribution in [0.15, 0.2) is 54.9 Å². The van der Waals surface area contributed by atoms with Crippen molar-refractivity contribution >= 4 is 23.0 Å². The van der Waals surface area contributed by atoms with Crippen LogP contribution in [-0.2, 0) is 11.2 Å². The van der Waals surface area contributed by atoms with Crippen LogP contribution in [0.5, 0.6) is 0 Å². The third kappa shape index (κ3) is 3.54. The number of aromatic nitrogens is 2. The first kappa shape index (κ1) is 16.2. The van der Waals surface area contributed by atoms with Crippen molar-refractivity contribution in [1.29, 1.82) is 0 Å². The maximum Gasteiger partial charge on any atom is 0.227 e. The number of carbonyl (C=O) groups is 1. The number of hydrogen-bond acceptors (Lipinski definition) is 2. The zero-order chi connectivity index (χ0) is 17.2. The fraction of sp³-hybridized carbons (Fsp3) is 0.300. The van der Waals surface area contributed by atoms with Gasteiger partial charge in [-0.3, -0.25) is 4.79 Å². The number of amides is 1. The van der Waals surface area contributed by atoms with Crippen LogP contribution in [0.2, 0.25) is 5.02 Å². The van der Waals surface area contributed by atoms with Crippen LogP contribution in [0.4, 0.5) is 0 Å². The Hall–Kier alpha value is -2.33. The van der Waals surface area contributed by atoms with Gasteiger partial charge in [0.2, 0.25) is 5.91 Å². The molecule has 3 aromatic rings. The number of imidazole rings is 1. The molecule has 2 heterocycles. The third-order valence-corrected chi connectivity index (χ3v) is 5.02. The normalized spacial score (nSPS) is 15.2. The molecule has 0 bridgehead atoms. The van der Waals surface area contributed by atoms with E-state index in [1.54, 1.807) is 0 Å². The molecule has 1 unspecified atom stereocenters. The number of fused-ring (bicyclic) bond motifs is 1. The second-order valence-corrected chi connectivity index (χ2v) is 7.01. The third-order valence-electron chi connectivity index (χ3n) is 4.77. The predicted octanol–water partition coefficient (Wildman–Crippen LogP) is 3.84. The lowest BCUT2D eigenvalue weighted by molar-refractivity contribution is -0.123. The van der Waals surface area contributed by atoms with E-state index in [0.717, 1.165) is 29.7 Å². The topological polar surface area (TPSA) is 46.4 Å². The molecule has 1 aromatic carbocycles. The van der Waals surface area contributed by atoms with Crippen molar-refractivity contribution in [2.75, 3.05) is 6.54 Å². The molecular weight excluding hydrogens is 334 g/mol. The Kier molecular flexibility index (Phi) is 4.45. The molecule has 128 valence electrons. The van der Waals surface area contributed by atoms with Gasteiger partial charge in [-0.2, -0.15) is 0 Å². The molecule has 1 aliphatic rings. The van der Waals surface area contributed by atoms with Crippen molar-refractivity contribution < 1.29 is 4.79 Å².